The van der Waals surface area contributed by atoms with Crippen molar-refractivity contribution in [3.8, 4) is 0 Å². The van der Waals surface area contributed by atoms with Gasteiger partial charge in [0.05, 0.1) is 4.92 Å². The minimum Gasteiger partial charge on any atom is -0.330 e. The van der Waals surface area contributed by atoms with Gasteiger partial charge in [0, 0.05) is 18.4 Å². The van der Waals surface area contributed by atoms with E-state index in [1.807, 2.05) is 13.8 Å². The highest BCUT2D eigenvalue weighted by molar-refractivity contribution is 8.76. The molecule has 1 aromatic rings. The summed E-state index contributed by atoms with van der Waals surface area (Å²) in [6.07, 6.45) is 1.26. The number of nitrogens with two attached hydrogens (primary N) is 1. The number of hydrogen-bond acceptors (Lipinski definition) is 6. The summed E-state index contributed by atoms with van der Waals surface area (Å²) in [5.41, 5.74) is 5.32. The summed E-state index contributed by atoms with van der Waals surface area (Å²) in [6, 6.07) is 3.07. The van der Waals surface area contributed by atoms with Gasteiger partial charge >= 0.3 is 0 Å². The minimum absolute atomic E-state index is 0.0122. The van der Waals surface area contributed by atoms with Crippen molar-refractivity contribution < 1.29 is 4.92 Å². The summed E-state index contributed by atoms with van der Waals surface area (Å²) >= 11 is 0. The van der Waals surface area contributed by atoms with Crippen molar-refractivity contribution in [2.75, 3.05) is 12.3 Å². The van der Waals surface area contributed by atoms with E-state index >= 15 is 0 Å². The van der Waals surface area contributed by atoms with Crippen molar-refractivity contribution in [3.05, 3.63) is 28.4 Å². The van der Waals surface area contributed by atoms with Crippen LogP contribution in [-0.4, -0.2) is 22.2 Å². The molecule has 0 atom stereocenters. The number of rotatable bonds is 5. The normalized spacial score (nSPS) is 9.19. The third-order valence-electron chi connectivity index (χ3n) is 1.28. The first-order valence-electron chi connectivity index (χ1n) is 4.84. The van der Waals surface area contributed by atoms with Crippen molar-refractivity contribution in [2.45, 2.75) is 18.9 Å². The quantitative estimate of drug-likeness (QED) is 0.380. The summed E-state index contributed by atoms with van der Waals surface area (Å²) in [5.74, 6) is 0.837. The fourth-order valence-electron chi connectivity index (χ4n) is 0.680. The van der Waals surface area contributed by atoms with E-state index in [0.29, 0.717) is 6.54 Å². The highest BCUT2D eigenvalue weighted by Crippen LogP contribution is 2.29. The van der Waals surface area contributed by atoms with Crippen LogP contribution >= 0.6 is 21.6 Å². The van der Waals surface area contributed by atoms with Crippen LogP contribution in [0.15, 0.2) is 23.4 Å². The Bertz CT molecular complexity index is 306. The third kappa shape index (κ3) is 5.94. The average molecular weight is 261 g/mol. The highest BCUT2D eigenvalue weighted by atomic mass is 33.1. The van der Waals surface area contributed by atoms with Crippen LogP contribution in [0.2, 0.25) is 0 Å². The fourth-order valence-corrected chi connectivity index (χ4v) is 2.40. The van der Waals surface area contributed by atoms with Crippen LogP contribution in [0.4, 0.5) is 5.69 Å². The Hall–Kier alpha value is -0.790. The van der Waals surface area contributed by atoms with E-state index in [2.05, 4.69) is 4.98 Å². The van der Waals surface area contributed by atoms with Gasteiger partial charge in [0.2, 0.25) is 0 Å². The molecule has 0 fully saturated rings. The lowest BCUT2D eigenvalue weighted by Crippen LogP contribution is -1.99. The molecule has 0 saturated heterocycles. The lowest BCUT2D eigenvalue weighted by molar-refractivity contribution is -0.385. The second-order valence-electron chi connectivity index (χ2n) is 2.31. The standard InChI is InChI=1S/C7H9N3O2S2.C2H6/c8-3-4-13-14-7-2-1-6(5-9-7)10(11)12;1-2/h1-2,5H,3-4,8H2;1-2H3. The molecule has 1 rings (SSSR count). The third-order valence-corrected chi connectivity index (χ3v) is 3.58. The van der Waals surface area contributed by atoms with E-state index in [-0.39, 0.29) is 5.69 Å². The Kier molecular flexibility index (Phi) is 8.97. The molecule has 5 nitrogen and oxygen atoms in total. The molecule has 0 radical (unpaired) electrons. The van der Waals surface area contributed by atoms with Gasteiger partial charge in [0.15, 0.2) is 0 Å². The van der Waals surface area contributed by atoms with Crippen LogP contribution in [-0.2, 0) is 0 Å². The molecule has 90 valence electrons. The lowest BCUT2D eigenvalue weighted by atomic mass is 10.4. The van der Waals surface area contributed by atoms with Gasteiger partial charge in [-0.1, -0.05) is 24.6 Å². The Morgan fingerprint density at radius 2 is 2.19 bits per heavy atom. The summed E-state index contributed by atoms with van der Waals surface area (Å²) < 4.78 is 0. The lowest BCUT2D eigenvalue weighted by Gasteiger charge is -1.97. The van der Waals surface area contributed by atoms with Gasteiger partial charge < -0.3 is 5.73 Å². The molecule has 1 aromatic heterocycles. The number of nitrogens with zero attached hydrogens (tertiary/aromatic N) is 2. The molecule has 0 saturated carbocycles. The summed E-state index contributed by atoms with van der Waals surface area (Å²) in [6.45, 7) is 4.62. The number of hydrogen-bond donors (Lipinski definition) is 1. The second-order valence-corrected chi connectivity index (χ2v) is 4.74. The fraction of sp³-hybridized carbons (Fsp3) is 0.444. The molecular weight excluding hydrogens is 246 g/mol. The summed E-state index contributed by atoms with van der Waals surface area (Å²) in [7, 11) is 3.05. The van der Waals surface area contributed by atoms with Gasteiger partial charge in [-0.05, 0) is 16.9 Å². The van der Waals surface area contributed by atoms with Gasteiger partial charge in [-0.15, -0.1) is 0 Å². The van der Waals surface area contributed by atoms with Gasteiger partial charge in [0.25, 0.3) is 5.69 Å². The number of nitro groups is 1. The van der Waals surface area contributed by atoms with Crippen LogP contribution in [0.5, 0.6) is 0 Å². The van der Waals surface area contributed by atoms with Gasteiger partial charge in [-0.2, -0.15) is 0 Å². The van der Waals surface area contributed by atoms with E-state index < -0.39 is 4.92 Å². The van der Waals surface area contributed by atoms with Crippen LogP contribution in [0, 0.1) is 10.1 Å². The van der Waals surface area contributed by atoms with Crippen molar-refractivity contribution in [2.24, 2.45) is 5.73 Å². The van der Waals surface area contributed by atoms with Crippen molar-refractivity contribution in [3.63, 3.8) is 0 Å². The number of aromatic nitrogens is 1. The Labute approximate surface area is 103 Å². The minimum atomic E-state index is -0.464. The predicted octanol–water partition coefficient (Wildman–Crippen LogP) is 2.72. The van der Waals surface area contributed by atoms with Gasteiger partial charge in [0.1, 0.15) is 11.2 Å². The molecular formula is C9H15N3O2S2. The van der Waals surface area contributed by atoms with Crippen LogP contribution < -0.4 is 5.73 Å². The first-order valence-corrected chi connectivity index (χ1v) is 7.16. The molecule has 0 unspecified atom stereocenters. The molecule has 0 amide bonds. The Balaban J connectivity index is 0.00000106. The molecule has 0 spiro atoms. The maximum Gasteiger partial charge on any atom is 0.287 e. The molecule has 2 N–H and O–H groups in total. The molecule has 0 bridgehead atoms. The molecule has 16 heavy (non-hydrogen) atoms. The maximum absolute atomic E-state index is 10.3. The molecule has 0 aliphatic rings. The van der Waals surface area contributed by atoms with E-state index in [1.54, 1.807) is 16.9 Å². The van der Waals surface area contributed by atoms with E-state index in [9.17, 15) is 10.1 Å². The zero-order chi connectivity index (χ0) is 12.4. The molecule has 0 aliphatic heterocycles. The summed E-state index contributed by atoms with van der Waals surface area (Å²) in [5, 5.41) is 11.1. The first kappa shape index (κ1) is 15.2. The van der Waals surface area contributed by atoms with Crippen molar-refractivity contribution >= 4 is 27.3 Å². The summed E-state index contributed by atoms with van der Waals surface area (Å²) in [4.78, 5) is 13.8. The van der Waals surface area contributed by atoms with E-state index in [1.165, 1.54) is 23.1 Å². The zero-order valence-electron chi connectivity index (χ0n) is 9.25. The highest BCUT2D eigenvalue weighted by Gasteiger charge is 2.05. The molecule has 0 aliphatic carbocycles. The first-order chi connectivity index (χ1) is 7.74. The van der Waals surface area contributed by atoms with Crippen LogP contribution in [0.3, 0.4) is 0 Å². The number of pyridine rings is 1. The van der Waals surface area contributed by atoms with Crippen molar-refractivity contribution in [1.29, 1.82) is 0 Å². The Morgan fingerprint density at radius 1 is 1.50 bits per heavy atom. The van der Waals surface area contributed by atoms with E-state index in [4.69, 9.17) is 5.73 Å². The van der Waals surface area contributed by atoms with Gasteiger partial charge in [-0.3, -0.25) is 10.1 Å². The van der Waals surface area contributed by atoms with Crippen LogP contribution in [0.1, 0.15) is 13.8 Å². The van der Waals surface area contributed by atoms with E-state index in [0.717, 1.165) is 10.8 Å². The van der Waals surface area contributed by atoms with Crippen LogP contribution in [0.25, 0.3) is 0 Å². The van der Waals surface area contributed by atoms with Crippen molar-refractivity contribution in [1.82, 2.24) is 4.98 Å². The molecule has 1 heterocycles. The zero-order valence-corrected chi connectivity index (χ0v) is 10.9. The maximum atomic E-state index is 10.3. The molecule has 7 heteroatoms. The SMILES string of the molecule is CC.NCCSSc1ccc([N+](=O)[O-])cn1. The monoisotopic (exact) mass is 261 g/mol. The van der Waals surface area contributed by atoms with Gasteiger partial charge in [-0.25, -0.2) is 4.98 Å². The average Bonchev–Trinajstić information content (AvgIpc) is 2.33. The predicted molar refractivity (Wildman–Crippen MR) is 69.6 cm³/mol. The topological polar surface area (TPSA) is 82.0 Å². The second kappa shape index (κ2) is 9.44. The largest absolute Gasteiger partial charge is 0.330 e. The Morgan fingerprint density at radius 3 is 2.62 bits per heavy atom. The molecule has 0 aromatic carbocycles. The smallest absolute Gasteiger partial charge is 0.287 e.